The molecule has 0 aliphatic carbocycles. The summed E-state index contributed by atoms with van der Waals surface area (Å²) < 4.78 is 3.33. The average Bonchev–Trinajstić information content (AvgIpc) is 3.12. The molecule has 3 rings (SSSR count). The van der Waals surface area contributed by atoms with Crippen molar-refractivity contribution in [1.29, 1.82) is 0 Å². The van der Waals surface area contributed by atoms with Crippen molar-refractivity contribution in [2.24, 2.45) is 0 Å². The lowest BCUT2D eigenvalue weighted by molar-refractivity contribution is 0.766. The second-order valence-electron chi connectivity index (χ2n) is 4.68. The van der Waals surface area contributed by atoms with Crippen LogP contribution >= 0.6 is 23.1 Å². The molecule has 3 nitrogen and oxygen atoms in total. The van der Waals surface area contributed by atoms with E-state index in [1.807, 2.05) is 29.9 Å². The number of nitrogens with one attached hydrogen (secondary N) is 1. The highest BCUT2D eigenvalue weighted by atomic mass is 32.2. The van der Waals surface area contributed by atoms with Gasteiger partial charge in [-0.15, -0.1) is 11.3 Å². The van der Waals surface area contributed by atoms with Crippen LogP contribution in [0.4, 0.5) is 0 Å². The summed E-state index contributed by atoms with van der Waals surface area (Å²) in [5, 5.41) is 11.3. The third-order valence-electron chi connectivity index (χ3n) is 3.18. The minimum Gasteiger partial charge on any atom is -0.316 e. The van der Waals surface area contributed by atoms with Gasteiger partial charge in [0.2, 0.25) is 0 Å². The van der Waals surface area contributed by atoms with Crippen LogP contribution in [0.1, 0.15) is 11.3 Å². The van der Waals surface area contributed by atoms with Crippen molar-refractivity contribution in [2.45, 2.75) is 22.7 Å². The normalized spacial score (nSPS) is 11.0. The molecule has 5 heteroatoms. The molecule has 2 aromatic heterocycles. The highest BCUT2D eigenvalue weighted by Crippen LogP contribution is 2.36. The van der Waals surface area contributed by atoms with Crippen molar-refractivity contribution in [3.05, 3.63) is 59.1 Å². The first-order chi connectivity index (χ1) is 10.3. The molecule has 108 valence electrons. The summed E-state index contributed by atoms with van der Waals surface area (Å²) in [5.41, 5.74) is 3.44. The Hall–Kier alpha value is -1.56. The monoisotopic (exact) mass is 315 g/mol. The molecule has 0 saturated heterocycles. The topological polar surface area (TPSA) is 29.9 Å². The zero-order valence-corrected chi connectivity index (χ0v) is 13.7. The maximum Gasteiger partial charge on any atom is 0.110 e. The van der Waals surface area contributed by atoms with Crippen LogP contribution in [-0.2, 0) is 6.54 Å². The van der Waals surface area contributed by atoms with Crippen molar-refractivity contribution in [3.63, 3.8) is 0 Å². The predicted octanol–water partition coefficient (Wildman–Crippen LogP) is 4.11. The summed E-state index contributed by atoms with van der Waals surface area (Å²) in [7, 11) is 1.97. The first kappa shape index (κ1) is 14.4. The number of aromatic nitrogens is 2. The molecule has 1 N–H and O–H groups in total. The van der Waals surface area contributed by atoms with E-state index < -0.39 is 0 Å². The maximum absolute atomic E-state index is 4.74. The highest BCUT2D eigenvalue weighted by Gasteiger charge is 2.17. The Balaban J connectivity index is 2.08. The van der Waals surface area contributed by atoms with Crippen molar-refractivity contribution in [3.8, 4) is 5.69 Å². The fourth-order valence-corrected chi connectivity index (χ4v) is 4.14. The van der Waals surface area contributed by atoms with E-state index in [4.69, 9.17) is 5.10 Å². The smallest absolute Gasteiger partial charge is 0.110 e. The first-order valence-corrected chi connectivity index (χ1v) is 8.49. The van der Waals surface area contributed by atoms with E-state index in [2.05, 4.69) is 41.9 Å². The molecular formula is C16H17N3S2. The van der Waals surface area contributed by atoms with Crippen molar-refractivity contribution >= 4 is 23.1 Å². The van der Waals surface area contributed by atoms with Gasteiger partial charge < -0.3 is 5.32 Å². The fraction of sp³-hybridized carbons (Fsp3) is 0.188. The molecular weight excluding hydrogens is 298 g/mol. The number of hydrogen-bond donors (Lipinski definition) is 1. The van der Waals surface area contributed by atoms with E-state index in [1.165, 1.54) is 14.8 Å². The van der Waals surface area contributed by atoms with E-state index >= 15 is 0 Å². The van der Waals surface area contributed by atoms with Gasteiger partial charge in [0.1, 0.15) is 5.03 Å². The summed E-state index contributed by atoms with van der Waals surface area (Å²) in [5.74, 6) is 0. The maximum atomic E-state index is 4.74. The lowest BCUT2D eigenvalue weighted by Gasteiger charge is -2.08. The lowest BCUT2D eigenvalue weighted by Crippen LogP contribution is -2.07. The molecule has 0 saturated carbocycles. The Labute approximate surface area is 133 Å². The van der Waals surface area contributed by atoms with Gasteiger partial charge in [-0.3, -0.25) is 0 Å². The van der Waals surface area contributed by atoms with E-state index in [0.29, 0.717) is 0 Å². The first-order valence-electron chi connectivity index (χ1n) is 6.79. The molecule has 3 aromatic rings. The molecule has 21 heavy (non-hydrogen) atoms. The van der Waals surface area contributed by atoms with Crippen LogP contribution in [0.15, 0.2) is 57.1 Å². The van der Waals surface area contributed by atoms with E-state index in [9.17, 15) is 0 Å². The second kappa shape index (κ2) is 6.47. The third-order valence-corrected chi connectivity index (χ3v) is 5.33. The van der Waals surface area contributed by atoms with Gasteiger partial charge in [0.25, 0.3) is 0 Å². The zero-order chi connectivity index (χ0) is 14.7. The summed E-state index contributed by atoms with van der Waals surface area (Å²) in [6.07, 6.45) is 0. The summed E-state index contributed by atoms with van der Waals surface area (Å²) in [4.78, 5) is 0. The van der Waals surface area contributed by atoms with Crippen molar-refractivity contribution < 1.29 is 0 Å². The lowest BCUT2D eigenvalue weighted by atomic mass is 10.2. The fourth-order valence-electron chi connectivity index (χ4n) is 2.18. The molecule has 0 aliphatic heterocycles. The summed E-state index contributed by atoms with van der Waals surface area (Å²) in [6.45, 7) is 2.90. The molecule has 0 aliphatic rings. The Bertz CT molecular complexity index is 703. The van der Waals surface area contributed by atoms with Gasteiger partial charge in [0, 0.05) is 12.1 Å². The summed E-state index contributed by atoms with van der Waals surface area (Å²) >= 11 is 3.54. The van der Waals surface area contributed by atoms with Crippen molar-refractivity contribution in [1.82, 2.24) is 15.1 Å². The molecule has 0 fully saturated rings. The van der Waals surface area contributed by atoms with E-state index in [-0.39, 0.29) is 0 Å². The Morgan fingerprint density at radius 3 is 2.67 bits per heavy atom. The van der Waals surface area contributed by atoms with E-state index in [0.717, 1.165) is 17.9 Å². The van der Waals surface area contributed by atoms with Gasteiger partial charge in [-0.1, -0.05) is 36.0 Å². The van der Waals surface area contributed by atoms with Gasteiger partial charge in [0.05, 0.1) is 15.6 Å². The summed E-state index contributed by atoms with van der Waals surface area (Å²) in [6, 6.07) is 14.5. The second-order valence-corrected chi connectivity index (χ2v) is 6.92. The number of rotatable bonds is 5. The molecule has 0 unspecified atom stereocenters. The van der Waals surface area contributed by atoms with Crippen LogP contribution in [0.2, 0.25) is 0 Å². The van der Waals surface area contributed by atoms with Crippen molar-refractivity contribution in [2.75, 3.05) is 7.05 Å². The van der Waals surface area contributed by atoms with Crippen LogP contribution in [0.25, 0.3) is 5.69 Å². The zero-order valence-electron chi connectivity index (χ0n) is 12.0. The number of thiophene rings is 1. The molecule has 1 aromatic carbocycles. The van der Waals surface area contributed by atoms with Crippen LogP contribution in [-0.4, -0.2) is 16.8 Å². The highest BCUT2D eigenvalue weighted by molar-refractivity contribution is 8.01. The largest absolute Gasteiger partial charge is 0.316 e. The molecule has 2 heterocycles. The minimum absolute atomic E-state index is 0.826. The van der Waals surface area contributed by atoms with Gasteiger partial charge in [0.15, 0.2) is 0 Å². The van der Waals surface area contributed by atoms with Crippen LogP contribution in [0.3, 0.4) is 0 Å². The number of para-hydroxylation sites is 1. The SMILES string of the molecule is CNCc1c(C)nn(-c2ccccc2)c1Sc1cccs1. The van der Waals surface area contributed by atoms with Crippen LogP contribution < -0.4 is 5.32 Å². The number of hydrogen-bond acceptors (Lipinski definition) is 4. The standard InChI is InChI=1S/C16H17N3S2/c1-12-14(11-17-2)16(21-15-9-6-10-20-15)19(18-12)13-7-4-3-5-8-13/h3-10,17H,11H2,1-2H3. The molecule has 0 spiro atoms. The van der Waals surface area contributed by atoms with Gasteiger partial charge >= 0.3 is 0 Å². The van der Waals surface area contributed by atoms with Gasteiger partial charge in [-0.2, -0.15) is 5.10 Å². The molecule has 0 bridgehead atoms. The molecule has 0 atom stereocenters. The Morgan fingerprint density at radius 1 is 1.19 bits per heavy atom. The molecule has 0 amide bonds. The van der Waals surface area contributed by atoms with Crippen LogP contribution in [0, 0.1) is 6.92 Å². The van der Waals surface area contributed by atoms with Gasteiger partial charge in [-0.25, -0.2) is 4.68 Å². The minimum atomic E-state index is 0.826. The van der Waals surface area contributed by atoms with Gasteiger partial charge in [-0.05, 0) is 37.6 Å². The third kappa shape index (κ3) is 3.05. The number of nitrogens with zero attached hydrogens (tertiary/aromatic N) is 2. The predicted molar refractivity (Wildman–Crippen MR) is 89.5 cm³/mol. The Kier molecular flexibility index (Phi) is 4.43. The Morgan fingerprint density at radius 2 is 2.00 bits per heavy atom. The molecule has 0 radical (unpaired) electrons. The van der Waals surface area contributed by atoms with E-state index in [1.54, 1.807) is 23.1 Å². The average molecular weight is 315 g/mol. The van der Waals surface area contributed by atoms with Crippen LogP contribution in [0.5, 0.6) is 0 Å². The number of aryl methyl sites for hydroxylation is 1. The quantitative estimate of drug-likeness (QED) is 0.768. The number of benzene rings is 1.